The lowest BCUT2D eigenvalue weighted by Gasteiger charge is -2.32. The number of ether oxygens (including phenoxy) is 1. The van der Waals surface area contributed by atoms with Gasteiger partial charge in [-0.1, -0.05) is 6.42 Å². The predicted octanol–water partition coefficient (Wildman–Crippen LogP) is 2.03. The molecule has 2 aliphatic heterocycles. The number of benzene rings is 1. The van der Waals surface area contributed by atoms with E-state index >= 15 is 0 Å². The maximum atomic E-state index is 12.8. The fourth-order valence-electron chi connectivity index (χ4n) is 3.12. The summed E-state index contributed by atoms with van der Waals surface area (Å²) in [6.07, 6.45) is 3.66. The van der Waals surface area contributed by atoms with Gasteiger partial charge in [0.25, 0.3) is 0 Å². The van der Waals surface area contributed by atoms with E-state index in [1.807, 2.05) is 6.92 Å². The smallest absolute Gasteiger partial charge is 0.243 e. The Balaban J connectivity index is 1.97. The molecule has 5 nitrogen and oxygen atoms in total. The lowest BCUT2D eigenvalue weighted by molar-refractivity contribution is 0.266. The van der Waals surface area contributed by atoms with Crippen molar-refractivity contribution in [3.63, 3.8) is 0 Å². The Hall–Kier alpha value is -1.11. The summed E-state index contributed by atoms with van der Waals surface area (Å²) >= 11 is 0. The first kappa shape index (κ1) is 14.8. The highest BCUT2D eigenvalue weighted by Gasteiger charge is 2.32. The zero-order valence-corrected chi connectivity index (χ0v) is 13.1. The van der Waals surface area contributed by atoms with Crippen LogP contribution in [0.5, 0.6) is 5.75 Å². The maximum Gasteiger partial charge on any atom is 0.243 e. The van der Waals surface area contributed by atoms with Crippen LogP contribution in [0.3, 0.4) is 0 Å². The van der Waals surface area contributed by atoms with Gasteiger partial charge in [0.05, 0.1) is 11.5 Å². The summed E-state index contributed by atoms with van der Waals surface area (Å²) < 4.78 is 32.8. The second-order valence-electron chi connectivity index (χ2n) is 5.90. The van der Waals surface area contributed by atoms with Crippen molar-refractivity contribution in [1.29, 1.82) is 0 Å². The zero-order valence-electron chi connectivity index (χ0n) is 12.3. The first-order valence-electron chi connectivity index (χ1n) is 7.54. The van der Waals surface area contributed by atoms with Gasteiger partial charge >= 0.3 is 0 Å². The molecule has 0 aliphatic carbocycles. The van der Waals surface area contributed by atoms with Crippen molar-refractivity contribution < 1.29 is 13.2 Å². The lowest BCUT2D eigenvalue weighted by Crippen LogP contribution is -2.42. The van der Waals surface area contributed by atoms with Crippen LogP contribution in [0.15, 0.2) is 23.1 Å². The third-order valence-corrected chi connectivity index (χ3v) is 6.43. The Morgan fingerprint density at radius 1 is 1.29 bits per heavy atom. The highest BCUT2D eigenvalue weighted by Crippen LogP contribution is 2.34. The molecule has 2 aliphatic rings. The zero-order chi connectivity index (χ0) is 15.0. The van der Waals surface area contributed by atoms with E-state index in [1.165, 1.54) is 0 Å². The molecule has 116 valence electrons. The minimum atomic E-state index is -3.45. The van der Waals surface area contributed by atoms with Crippen LogP contribution in [-0.4, -0.2) is 31.9 Å². The van der Waals surface area contributed by atoms with E-state index in [4.69, 9.17) is 10.5 Å². The molecule has 3 rings (SSSR count). The number of nitrogens with two attached hydrogens (primary N) is 1. The summed E-state index contributed by atoms with van der Waals surface area (Å²) in [6.45, 7) is 3.16. The molecule has 0 saturated carbocycles. The van der Waals surface area contributed by atoms with Crippen molar-refractivity contribution in [3.8, 4) is 5.75 Å². The molecule has 6 heteroatoms. The van der Waals surface area contributed by atoms with Crippen LogP contribution in [-0.2, 0) is 10.0 Å². The van der Waals surface area contributed by atoms with Crippen molar-refractivity contribution in [1.82, 2.24) is 4.31 Å². The van der Waals surface area contributed by atoms with E-state index < -0.39 is 10.0 Å². The van der Waals surface area contributed by atoms with E-state index in [1.54, 1.807) is 22.5 Å². The number of sulfonamides is 1. The molecule has 2 unspecified atom stereocenters. The predicted molar refractivity (Wildman–Crippen MR) is 80.7 cm³/mol. The van der Waals surface area contributed by atoms with Crippen molar-refractivity contribution >= 4 is 10.0 Å². The summed E-state index contributed by atoms with van der Waals surface area (Å²) in [6, 6.07) is 4.96. The average Bonchev–Trinajstić information content (AvgIpc) is 2.47. The minimum absolute atomic E-state index is 0.0599. The van der Waals surface area contributed by atoms with Gasteiger partial charge < -0.3 is 10.5 Å². The molecule has 1 aromatic rings. The SMILES string of the molecule is CC1CCCCN1S(=O)(=O)c1ccc2c(c1)C(N)CCO2. The number of hydrogen-bond acceptors (Lipinski definition) is 4. The van der Waals surface area contributed by atoms with Gasteiger partial charge in [0.1, 0.15) is 5.75 Å². The summed E-state index contributed by atoms with van der Waals surface area (Å²) in [4.78, 5) is 0.330. The number of nitrogens with zero attached hydrogens (tertiary/aromatic N) is 1. The van der Waals surface area contributed by atoms with Crippen molar-refractivity contribution in [2.24, 2.45) is 5.73 Å². The number of hydrogen-bond donors (Lipinski definition) is 1. The van der Waals surface area contributed by atoms with Gasteiger partial charge in [0, 0.05) is 30.6 Å². The summed E-state index contributed by atoms with van der Waals surface area (Å²) in [5, 5.41) is 0. The second kappa shape index (κ2) is 5.59. The molecule has 2 heterocycles. The lowest BCUT2D eigenvalue weighted by atomic mass is 10.0. The third-order valence-electron chi connectivity index (χ3n) is 4.42. The summed E-state index contributed by atoms with van der Waals surface area (Å²) in [5.41, 5.74) is 6.87. The minimum Gasteiger partial charge on any atom is -0.493 e. The van der Waals surface area contributed by atoms with Gasteiger partial charge in [0.2, 0.25) is 10.0 Å². The van der Waals surface area contributed by atoms with Crippen LogP contribution in [0.2, 0.25) is 0 Å². The highest BCUT2D eigenvalue weighted by molar-refractivity contribution is 7.89. The number of piperidine rings is 1. The highest BCUT2D eigenvalue weighted by atomic mass is 32.2. The molecule has 2 N–H and O–H groups in total. The third kappa shape index (κ3) is 2.67. The summed E-state index contributed by atoms with van der Waals surface area (Å²) in [5.74, 6) is 0.708. The quantitative estimate of drug-likeness (QED) is 0.907. The van der Waals surface area contributed by atoms with Crippen molar-refractivity contribution in [2.45, 2.75) is 49.6 Å². The molecule has 1 aromatic carbocycles. The fourth-order valence-corrected chi connectivity index (χ4v) is 4.86. The molecule has 1 saturated heterocycles. The monoisotopic (exact) mass is 310 g/mol. The standard InChI is InChI=1S/C15H22N2O3S/c1-11-4-2-3-8-17(11)21(18,19)12-5-6-15-13(10-12)14(16)7-9-20-15/h5-6,10-11,14H,2-4,7-9,16H2,1H3. The summed E-state index contributed by atoms with van der Waals surface area (Å²) in [7, 11) is -3.45. The topological polar surface area (TPSA) is 72.6 Å². The average molecular weight is 310 g/mol. The van der Waals surface area contributed by atoms with Crippen LogP contribution in [0.4, 0.5) is 0 Å². The molecule has 1 fully saturated rings. The van der Waals surface area contributed by atoms with Crippen LogP contribution in [0.25, 0.3) is 0 Å². The Labute approximate surface area is 126 Å². The second-order valence-corrected chi connectivity index (χ2v) is 7.79. The fraction of sp³-hybridized carbons (Fsp3) is 0.600. The first-order chi connectivity index (χ1) is 10.00. The molecule has 0 bridgehead atoms. The van der Waals surface area contributed by atoms with E-state index in [-0.39, 0.29) is 12.1 Å². The van der Waals surface area contributed by atoms with Gasteiger partial charge in [-0.25, -0.2) is 8.42 Å². The molecular weight excluding hydrogens is 288 g/mol. The van der Waals surface area contributed by atoms with E-state index in [0.29, 0.717) is 23.8 Å². The first-order valence-corrected chi connectivity index (χ1v) is 8.98. The molecule has 2 atom stereocenters. The van der Waals surface area contributed by atoms with Crippen molar-refractivity contribution in [3.05, 3.63) is 23.8 Å². The maximum absolute atomic E-state index is 12.8. The number of fused-ring (bicyclic) bond motifs is 1. The van der Waals surface area contributed by atoms with E-state index in [9.17, 15) is 8.42 Å². The number of rotatable bonds is 2. The van der Waals surface area contributed by atoms with Gasteiger partial charge in [-0.15, -0.1) is 0 Å². The Morgan fingerprint density at radius 2 is 2.10 bits per heavy atom. The largest absolute Gasteiger partial charge is 0.493 e. The molecule has 0 amide bonds. The van der Waals surface area contributed by atoms with Gasteiger partial charge in [-0.2, -0.15) is 4.31 Å². The normalized spacial score (nSPS) is 27.0. The Morgan fingerprint density at radius 3 is 2.86 bits per heavy atom. The molecule has 0 aromatic heterocycles. The Bertz CT molecular complexity index is 630. The van der Waals surface area contributed by atoms with Gasteiger partial charge in [0.15, 0.2) is 0 Å². The van der Waals surface area contributed by atoms with Gasteiger partial charge in [-0.05, 0) is 38.0 Å². The van der Waals surface area contributed by atoms with Crippen molar-refractivity contribution in [2.75, 3.05) is 13.2 Å². The molecular formula is C15H22N2O3S. The van der Waals surface area contributed by atoms with Gasteiger partial charge in [-0.3, -0.25) is 0 Å². The van der Waals surface area contributed by atoms with Crippen LogP contribution >= 0.6 is 0 Å². The van der Waals surface area contributed by atoms with Crippen LogP contribution in [0, 0.1) is 0 Å². The van der Waals surface area contributed by atoms with Crippen LogP contribution < -0.4 is 10.5 Å². The van der Waals surface area contributed by atoms with Crippen LogP contribution in [0.1, 0.15) is 44.2 Å². The Kier molecular flexibility index (Phi) is 3.94. The van der Waals surface area contributed by atoms with E-state index in [2.05, 4.69) is 0 Å². The molecule has 0 radical (unpaired) electrons. The van der Waals surface area contributed by atoms with E-state index in [0.717, 1.165) is 31.2 Å². The molecule has 0 spiro atoms. The molecule has 21 heavy (non-hydrogen) atoms.